The molecule has 28 rings (SSSR count). The fraction of sp³-hybridized carbons (Fsp3) is 0.188. The van der Waals surface area contributed by atoms with Crippen LogP contribution in [-0.2, 0) is 44.9 Å². The average molecular weight is 1500 g/mol. The number of hydrogen-bond donors (Lipinski definition) is 0. The summed E-state index contributed by atoms with van der Waals surface area (Å²) in [5.74, 6) is 0. The van der Waals surface area contributed by atoms with Crippen molar-refractivity contribution in [3.8, 4) is 22.3 Å². The Morgan fingerprint density at radius 1 is 0.281 bits per heavy atom. The predicted molar refractivity (Wildman–Crippen MR) is 473 cm³/mol. The van der Waals surface area contributed by atoms with Crippen molar-refractivity contribution >= 4 is 138 Å². The standard InChI is InChI=1S/2C22H18N2.C21H16N2S.2C18H16N2O/c1-23-19-8-4-5-9-20(19)24-21-13-18-15(11-16(21)12-22(23)24)10-14-6-2-3-7-17(14)18;1-23-19-8-4-5-9-20(19)24-18-11-10-15-12-14-6-2-3-7-16(14)22(15)17(18)13-21(23)24;1-22-16-7-3-4-8-17(16)23-18-12-15-14-6-2-5-9-19(14)24-20(15)10-13(18)11-21(22)23;1-11-10-20-15-9-14-13-5-3-4-6-16(13)21-17(14)7-12(15)8-18(20)19(11)2;1-11-10-20-14-7-8-16-18(13(14)9-17(20)19(11)2)12-5-3-4-6-15(12)21-16/h2-9,11,13,22H,10,12H2,1H3;2-11,21H,12-13H2,1H3;2-10,12,21H,11H2,1H3;3-7,9-10,18H,8H2,1-2H3;3-8,10,17H,9H2,1-2H3. The van der Waals surface area contributed by atoms with E-state index in [1.54, 1.807) is 0 Å². The van der Waals surface area contributed by atoms with E-state index in [2.05, 4.69) is 341 Å². The zero-order valence-electron chi connectivity index (χ0n) is 64.9. The van der Waals surface area contributed by atoms with Gasteiger partial charge >= 0.3 is 0 Å². The molecule has 5 atom stereocenters. The van der Waals surface area contributed by atoms with Gasteiger partial charge in [-0.25, -0.2) is 0 Å². The molecule has 0 fully saturated rings. The van der Waals surface area contributed by atoms with Gasteiger partial charge in [0.25, 0.3) is 0 Å². The molecule has 0 saturated heterocycles. The number of rotatable bonds is 0. The van der Waals surface area contributed by atoms with Crippen LogP contribution in [-0.4, -0.2) is 75.9 Å². The van der Waals surface area contributed by atoms with E-state index in [1.165, 1.54) is 188 Å². The number of anilines is 11. The maximum Gasteiger partial charge on any atom is 0.135 e. The number of nitrogens with zero attached hydrogens (tertiary/aromatic N) is 10. The lowest BCUT2D eigenvalue weighted by Gasteiger charge is -2.24. The molecule has 2 aliphatic carbocycles. The van der Waals surface area contributed by atoms with Gasteiger partial charge in [-0.2, -0.15) is 0 Å². The Balaban J connectivity index is 0.0000000824. The lowest BCUT2D eigenvalue weighted by Crippen LogP contribution is -2.35. The summed E-state index contributed by atoms with van der Waals surface area (Å²) in [5.41, 5.74) is 40.5. The van der Waals surface area contributed by atoms with Crippen LogP contribution in [0.3, 0.4) is 0 Å². The molecule has 13 heteroatoms. The van der Waals surface area contributed by atoms with E-state index < -0.39 is 0 Å². The number of thiophene rings is 1. The summed E-state index contributed by atoms with van der Waals surface area (Å²) in [6.07, 6.45) is 14.1. The van der Waals surface area contributed by atoms with Crippen molar-refractivity contribution < 1.29 is 8.83 Å². The van der Waals surface area contributed by atoms with Crippen LogP contribution in [0.15, 0.2) is 287 Å². The number of furan rings is 2. The second kappa shape index (κ2) is 24.6. The summed E-state index contributed by atoms with van der Waals surface area (Å²) in [6.45, 7) is 4.34. The summed E-state index contributed by atoms with van der Waals surface area (Å²) in [4.78, 5) is 24.4. The highest BCUT2D eigenvalue weighted by atomic mass is 32.1. The van der Waals surface area contributed by atoms with Gasteiger partial charge in [0.2, 0.25) is 0 Å². The van der Waals surface area contributed by atoms with Gasteiger partial charge in [0.05, 0.1) is 34.1 Å². The van der Waals surface area contributed by atoms with E-state index in [9.17, 15) is 0 Å². The molecule has 0 bridgehead atoms. The lowest BCUT2D eigenvalue weighted by atomic mass is 9.97. The van der Waals surface area contributed by atoms with E-state index in [-0.39, 0.29) is 0 Å². The highest BCUT2D eigenvalue weighted by Crippen LogP contribution is 2.57. The molecule has 0 spiro atoms. The molecule has 5 unspecified atom stereocenters. The van der Waals surface area contributed by atoms with Crippen LogP contribution >= 0.6 is 11.3 Å². The number of benzene rings is 13. The van der Waals surface area contributed by atoms with Gasteiger partial charge in [-0.05, 0) is 202 Å². The molecule has 12 aliphatic rings. The highest BCUT2D eigenvalue weighted by molar-refractivity contribution is 7.25. The largest absolute Gasteiger partial charge is 0.456 e. The first-order valence-corrected chi connectivity index (χ1v) is 41.2. The third kappa shape index (κ3) is 9.50. The first-order chi connectivity index (χ1) is 55.9. The third-order valence-corrected chi connectivity index (χ3v) is 28.4. The maximum absolute atomic E-state index is 6.00. The summed E-state index contributed by atoms with van der Waals surface area (Å²) in [7, 11) is 11.0. The first kappa shape index (κ1) is 65.8. The molecule has 0 saturated carbocycles. The first-order valence-electron chi connectivity index (χ1n) is 40.4. The fourth-order valence-electron chi connectivity index (χ4n) is 21.5. The van der Waals surface area contributed by atoms with E-state index in [0.29, 0.717) is 30.8 Å². The molecule has 114 heavy (non-hydrogen) atoms. The topological polar surface area (TPSA) is 58.7 Å². The summed E-state index contributed by atoms with van der Waals surface area (Å²) in [5, 5.41) is 7.70. The SMILES string of the molecule is CC1=CN2c3cc4c(cc3CC2N1C)oc1ccccc14.CC1=CN2c3ccc4oc5ccccc5c4c3CC2N1C.CN1c2ccccc2N2c3cc4c(cc3CC12)Cc1ccccc1-4.CN1c2ccccc2N2c3cc4c(cc3CC12)sc1ccccc14.CN1c2ccccc2N2c3ccc4c(c3CC12)-c1ccccc1C4. The third-order valence-electron chi connectivity index (χ3n) is 27.2. The molecular formula is C101H84N10O2S. The number of fused-ring (bicyclic) bond motifs is 38. The van der Waals surface area contributed by atoms with Crippen molar-refractivity contribution in [1.82, 2.24) is 9.80 Å². The quantitative estimate of drug-likeness (QED) is 0.145. The van der Waals surface area contributed by atoms with Gasteiger partial charge < -0.3 is 57.8 Å². The van der Waals surface area contributed by atoms with Gasteiger partial charge in [-0.1, -0.05) is 152 Å². The van der Waals surface area contributed by atoms with Gasteiger partial charge in [0.15, 0.2) is 0 Å². The van der Waals surface area contributed by atoms with E-state index in [1.807, 2.05) is 35.6 Å². The number of allylic oxidation sites excluding steroid dienone is 2. The second-order valence-corrected chi connectivity index (χ2v) is 34.1. The molecule has 16 aromatic rings. The van der Waals surface area contributed by atoms with Crippen molar-refractivity contribution in [3.05, 3.63) is 329 Å². The van der Waals surface area contributed by atoms with Crippen LogP contribution < -0.4 is 39.2 Å². The fourth-order valence-corrected chi connectivity index (χ4v) is 22.6. The Morgan fingerprint density at radius 2 is 0.763 bits per heavy atom. The minimum absolute atomic E-state index is 0.414. The summed E-state index contributed by atoms with van der Waals surface area (Å²) in [6, 6.07) is 92.6. The normalized spacial score (nSPS) is 19.3. The highest BCUT2D eigenvalue weighted by Gasteiger charge is 2.46. The lowest BCUT2D eigenvalue weighted by molar-refractivity contribution is 0.344. The van der Waals surface area contributed by atoms with Crippen LogP contribution in [0.1, 0.15) is 63.9 Å². The minimum atomic E-state index is 0.414. The molecule has 556 valence electrons. The molecule has 10 aliphatic heterocycles. The Morgan fingerprint density at radius 3 is 1.46 bits per heavy atom. The number of hydrogen-bond acceptors (Lipinski definition) is 13. The van der Waals surface area contributed by atoms with Crippen LogP contribution in [0.2, 0.25) is 0 Å². The van der Waals surface area contributed by atoms with Gasteiger partial charge in [0, 0.05) is 161 Å². The van der Waals surface area contributed by atoms with Crippen molar-refractivity contribution in [3.63, 3.8) is 0 Å². The van der Waals surface area contributed by atoms with Gasteiger partial charge in [-0.15, -0.1) is 11.3 Å². The average Bonchev–Trinajstić information content (AvgIpc) is 1.55. The molecule has 0 amide bonds. The van der Waals surface area contributed by atoms with Crippen LogP contribution in [0.4, 0.5) is 62.6 Å². The van der Waals surface area contributed by atoms with E-state index in [4.69, 9.17) is 8.83 Å². The summed E-state index contributed by atoms with van der Waals surface area (Å²) >= 11 is 1.91. The predicted octanol–water partition coefficient (Wildman–Crippen LogP) is 23.1. The number of para-hydroxylation sites is 8. The summed E-state index contributed by atoms with van der Waals surface area (Å²) < 4.78 is 14.8. The Hall–Kier alpha value is -12.8. The molecule has 0 N–H and O–H groups in total. The molecule has 13 heterocycles. The van der Waals surface area contributed by atoms with Crippen LogP contribution in [0.5, 0.6) is 0 Å². The zero-order chi connectivity index (χ0) is 75.8. The van der Waals surface area contributed by atoms with E-state index in [0.717, 1.165) is 67.3 Å². The second-order valence-electron chi connectivity index (χ2n) is 33.0. The molecular weight excluding hydrogens is 1420 g/mol. The van der Waals surface area contributed by atoms with Crippen molar-refractivity contribution in [2.24, 2.45) is 0 Å². The van der Waals surface area contributed by atoms with Crippen molar-refractivity contribution in [1.29, 1.82) is 0 Å². The van der Waals surface area contributed by atoms with Gasteiger partial charge in [0.1, 0.15) is 53.2 Å². The van der Waals surface area contributed by atoms with Crippen LogP contribution in [0, 0.1) is 0 Å². The van der Waals surface area contributed by atoms with Crippen molar-refractivity contribution in [2.45, 2.75) is 89.6 Å². The Kier molecular flexibility index (Phi) is 14.2. The molecule has 3 aromatic heterocycles. The zero-order valence-corrected chi connectivity index (χ0v) is 65.8. The Bertz CT molecular complexity index is 6830. The van der Waals surface area contributed by atoms with Gasteiger partial charge in [-0.3, -0.25) is 0 Å². The molecule has 12 nitrogen and oxygen atoms in total. The minimum Gasteiger partial charge on any atom is -0.456 e. The molecule has 13 aromatic carbocycles. The monoisotopic (exact) mass is 1500 g/mol. The molecule has 0 radical (unpaired) electrons. The van der Waals surface area contributed by atoms with Crippen LogP contribution in [0.25, 0.3) is 86.3 Å². The van der Waals surface area contributed by atoms with Crippen molar-refractivity contribution in [2.75, 3.05) is 74.4 Å². The number of likely N-dealkylation sites (N-methyl/N-ethyl adjacent to an activating group) is 5. The smallest absolute Gasteiger partial charge is 0.135 e. The maximum atomic E-state index is 6.00. The van der Waals surface area contributed by atoms with E-state index >= 15 is 0 Å². The Labute approximate surface area is 667 Å².